The number of carbonyl (C=O) groups is 2. The maximum atomic E-state index is 13.8. The summed E-state index contributed by atoms with van der Waals surface area (Å²) < 4.78 is 6.81. The zero-order chi connectivity index (χ0) is 26.0. The summed E-state index contributed by atoms with van der Waals surface area (Å²) in [4.78, 5) is 44.6. The summed E-state index contributed by atoms with van der Waals surface area (Å²) in [5.41, 5.74) is 2.21. The van der Waals surface area contributed by atoms with Gasteiger partial charge in [-0.15, -0.1) is 0 Å². The van der Waals surface area contributed by atoms with E-state index < -0.39 is 0 Å². The number of nitrogens with one attached hydrogen (secondary N) is 1. The standard InChI is InChI=1S/C28H38N4O4S/c1-2-26(34)36-19-9-16-29-17-14-25(33)31-18-15-24-23(20-31)27(35)32(21-10-5-3-6-11-21)28(30-24)37-22-12-7-4-8-13-22/h3,5-6,10-11,22,29H,2,4,7-9,12-20H2,1H3. The van der Waals surface area contributed by atoms with Crippen LogP contribution < -0.4 is 10.9 Å². The molecule has 0 atom stereocenters. The molecule has 1 amide bonds. The molecule has 2 aliphatic rings. The van der Waals surface area contributed by atoms with Gasteiger partial charge in [0.15, 0.2) is 5.16 Å². The summed E-state index contributed by atoms with van der Waals surface area (Å²) in [5.74, 6) is -0.164. The fourth-order valence-electron chi connectivity index (χ4n) is 4.85. The Bertz CT molecular complexity index is 1120. The molecule has 37 heavy (non-hydrogen) atoms. The second-order valence-corrected chi connectivity index (χ2v) is 10.9. The van der Waals surface area contributed by atoms with E-state index in [2.05, 4.69) is 5.32 Å². The number of nitrogens with zero attached hydrogens (tertiary/aromatic N) is 3. The number of amides is 1. The van der Waals surface area contributed by atoms with Gasteiger partial charge in [-0.05, 0) is 37.9 Å². The quantitative estimate of drug-likeness (QED) is 0.270. The van der Waals surface area contributed by atoms with Crippen LogP contribution in [0, 0.1) is 0 Å². The Hall–Kier alpha value is -2.65. The molecule has 0 spiro atoms. The zero-order valence-corrected chi connectivity index (χ0v) is 22.6. The molecule has 1 aromatic heterocycles. The highest BCUT2D eigenvalue weighted by Crippen LogP contribution is 2.34. The van der Waals surface area contributed by atoms with Crippen molar-refractivity contribution in [3.63, 3.8) is 0 Å². The molecular formula is C28H38N4O4S. The van der Waals surface area contributed by atoms with Gasteiger partial charge in [-0.3, -0.25) is 19.0 Å². The molecule has 1 saturated carbocycles. The summed E-state index contributed by atoms with van der Waals surface area (Å²) in [6.07, 6.45) is 8.12. The number of ether oxygens (including phenoxy) is 1. The fourth-order valence-corrected chi connectivity index (χ4v) is 6.17. The van der Waals surface area contributed by atoms with Crippen molar-refractivity contribution in [3.8, 4) is 5.69 Å². The average molecular weight is 527 g/mol. The molecule has 4 rings (SSSR count). The van der Waals surface area contributed by atoms with E-state index in [1.165, 1.54) is 19.3 Å². The molecular weight excluding hydrogens is 488 g/mol. The first-order valence-corrected chi connectivity index (χ1v) is 14.5. The first-order chi connectivity index (χ1) is 18.1. The molecule has 1 fully saturated rings. The molecule has 9 heteroatoms. The number of fused-ring (bicyclic) bond motifs is 1. The van der Waals surface area contributed by atoms with Gasteiger partial charge in [-0.25, -0.2) is 4.98 Å². The fraction of sp³-hybridized carbons (Fsp3) is 0.571. The Morgan fingerprint density at radius 2 is 1.92 bits per heavy atom. The van der Waals surface area contributed by atoms with Gasteiger partial charge < -0.3 is 15.0 Å². The normalized spacial score (nSPS) is 15.9. The molecule has 8 nitrogen and oxygen atoms in total. The van der Waals surface area contributed by atoms with Gasteiger partial charge in [-0.1, -0.05) is 56.1 Å². The Balaban J connectivity index is 1.41. The number of para-hydroxylation sites is 1. The van der Waals surface area contributed by atoms with Crippen LogP contribution in [0.15, 0.2) is 40.3 Å². The molecule has 1 N–H and O–H groups in total. The van der Waals surface area contributed by atoms with Crippen LogP contribution in [0.5, 0.6) is 0 Å². The van der Waals surface area contributed by atoms with E-state index in [4.69, 9.17) is 9.72 Å². The van der Waals surface area contributed by atoms with Crippen LogP contribution in [0.1, 0.15) is 69.5 Å². The second-order valence-electron chi connectivity index (χ2n) is 9.67. The molecule has 0 saturated heterocycles. The molecule has 1 aromatic carbocycles. The summed E-state index contributed by atoms with van der Waals surface area (Å²) in [7, 11) is 0. The van der Waals surface area contributed by atoms with Gasteiger partial charge in [0.1, 0.15) is 0 Å². The number of thioether (sulfide) groups is 1. The smallest absolute Gasteiger partial charge is 0.305 e. The summed E-state index contributed by atoms with van der Waals surface area (Å²) >= 11 is 1.74. The molecule has 0 radical (unpaired) electrons. The van der Waals surface area contributed by atoms with Gasteiger partial charge >= 0.3 is 5.97 Å². The highest BCUT2D eigenvalue weighted by molar-refractivity contribution is 7.99. The van der Waals surface area contributed by atoms with Crippen molar-refractivity contribution in [1.29, 1.82) is 0 Å². The lowest BCUT2D eigenvalue weighted by Crippen LogP contribution is -2.42. The first-order valence-electron chi connectivity index (χ1n) is 13.6. The molecule has 1 aliphatic heterocycles. The van der Waals surface area contributed by atoms with E-state index in [1.54, 1.807) is 28.2 Å². The monoisotopic (exact) mass is 526 g/mol. The number of carbonyl (C=O) groups excluding carboxylic acids is 2. The van der Waals surface area contributed by atoms with Crippen molar-refractivity contribution >= 4 is 23.6 Å². The van der Waals surface area contributed by atoms with E-state index >= 15 is 0 Å². The SMILES string of the molecule is CCC(=O)OCCCNCCC(=O)N1CCc2nc(SC3CCCCC3)n(-c3ccccc3)c(=O)c2C1. The minimum Gasteiger partial charge on any atom is -0.466 e. The Labute approximate surface area is 223 Å². The maximum absolute atomic E-state index is 13.8. The van der Waals surface area contributed by atoms with Gasteiger partial charge in [0.05, 0.1) is 30.1 Å². The van der Waals surface area contributed by atoms with Crippen molar-refractivity contribution in [3.05, 3.63) is 51.9 Å². The summed E-state index contributed by atoms with van der Waals surface area (Å²) in [6.45, 7) is 4.27. The van der Waals surface area contributed by atoms with Crippen LogP contribution in [0.3, 0.4) is 0 Å². The highest BCUT2D eigenvalue weighted by atomic mass is 32.2. The third kappa shape index (κ3) is 7.45. The van der Waals surface area contributed by atoms with E-state index in [0.29, 0.717) is 69.3 Å². The van der Waals surface area contributed by atoms with E-state index in [0.717, 1.165) is 29.4 Å². The van der Waals surface area contributed by atoms with Crippen LogP contribution >= 0.6 is 11.8 Å². The van der Waals surface area contributed by atoms with Crippen LogP contribution in [0.25, 0.3) is 5.69 Å². The minimum atomic E-state index is -0.193. The molecule has 0 bridgehead atoms. The summed E-state index contributed by atoms with van der Waals surface area (Å²) in [5, 5.41) is 4.50. The van der Waals surface area contributed by atoms with Crippen molar-refractivity contribution in [2.45, 2.75) is 81.7 Å². The van der Waals surface area contributed by atoms with Crippen LogP contribution in [0.2, 0.25) is 0 Å². The van der Waals surface area contributed by atoms with Gasteiger partial charge in [0.2, 0.25) is 5.91 Å². The van der Waals surface area contributed by atoms with Crippen molar-refractivity contribution in [1.82, 2.24) is 19.8 Å². The van der Waals surface area contributed by atoms with E-state index in [-0.39, 0.29) is 17.4 Å². The Morgan fingerprint density at radius 1 is 1.14 bits per heavy atom. The maximum Gasteiger partial charge on any atom is 0.305 e. The molecule has 200 valence electrons. The minimum absolute atomic E-state index is 0.0295. The van der Waals surface area contributed by atoms with Crippen molar-refractivity contribution in [2.24, 2.45) is 0 Å². The van der Waals surface area contributed by atoms with Crippen LogP contribution in [-0.4, -0.2) is 57.8 Å². The van der Waals surface area contributed by atoms with Crippen LogP contribution in [-0.2, 0) is 27.3 Å². The van der Waals surface area contributed by atoms with Crippen molar-refractivity contribution < 1.29 is 14.3 Å². The van der Waals surface area contributed by atoms with Crippen molar-refractivity contribution in [2.75, 3.05) is 26.2 Å². The van der Waals surface area contributed by atoms with Gasteiger partial charge in [-0.2, -0.15) is 0 Å². The Kier molecular flexibility index (Phi) is 10.2. The molecule has 2 heterocycles. The Morgan fingerprint density at radius 3 is 2.68 bits per heavy atom. The number of benzene rings is 1. The lowest BCUT2D eigenvalue weighted by atomic mass is 10.0. The molecule has 0 unspecified atom stereocenters. The number of esters is 1. The first kappa shape index (κ1) is 27.4. The lowest BCUT2D eigenvalue weighted by molar-refractivity contribution is -0.143. The number of aromatic nitrogens is 2. The molecule has 2 aromatic rings. The third-order valence-corrected chi connectivity index (χ3v) is 8.25. The highest BCUT2D eigenvalue weighted by Gasteiger charge is 2.28. The zero-order valence-electron chi connectivity index (χ0n) is 21.7. The van der Waals surface area contributed by atoms with Crippen LogP contribution in [0.4, 0.5) is 0 Å². The van der Waals surface area contributed by atoms with Gasteiger partial charge in [0.25, 0.3) is 5.56 Å². The number of rotatable bonds is 11. The predicted octanol–water partition coefficient (Wildman–Crippen LogP) is 3.87. The van der Waals surface area contributed by atoms with E-state index in [9.17, 15) is 14.4 Å². The lowest BCUT2D eigenvalue weighted by Gasteiger charge is -2.30. The topological polar surface area (TPSA) is 93.5 Å². The largest absolute Gasteiger partial charge is 0.466 e. The molecule has 1 aliphatic carbocycles. The summed E-state index contributed by atoms with van der Waals surface area (Å²) in [6, 6.07) is 9.71. The third-order valence-electron chi connectivity index (χ3n) is 6.96. The average Bonchev–Trinajstić information content (AvgIpc) is 2.93. The second kappa shape index (κ2) is 13.8. The van der Waals surface area contributed by atoms with Gasteiger partial charge in [0, 0.05) is 37.6 Å². The number of hydrogen-bond donors (Lipinski definition) is 1. The number of hydrogen-bond acceptors (Lipinski definition) is 7. The predicted molar refractivity (Wildman–Crippen MR) is 145 cm³/mol. The van der Waals surface area contributed by atoms with E-state index in [1.807, 2.05) is 30.3 Å².